The van der Waals surface area contributed by atoms with Crippen LogP contribution in [0.2, 0.25) is 18.1 Å². The van der Waals surface area contributed by atoms with Gasteiger partial charge in [0, 0.05) is 24.3 Å². The van der Waals surface area contributed by atoms with Gasteiger partial charge in [-0.05, 0) is 67.7 Å². The van der Waals surface area contributed by atoms with Crippen LogP contribution >= 0.6 is 0 Å². The Labute approximate surface area is 265 Å². The van der Waals surface area contributed by atoms with Crippen LogP contribution in [0.25, 0.3) is 11.0 Å². The first kappa shape index (κ1) is 34.1. The fourth-order valence-corrected chi connectivity index (χ4v) is 6.88. The summed E-state index contributed by atoms with van der Waals surface area (Å²) in [7, 11) is -4.54. The number of halogens is 1. The number of hydrogen-bond donors (Lipinski definition) is 0. The summed E-state index contributed by atoms with van der Waals surface area (Å²) in [6.07, 6.45) is 2.41. The van der Waals surface area contributed by atoms with Crippen molar-refractivity contribution in [1.82, 2.24) is 8.96 Å². The Morgan fingerprint density at radius 3 is 2.42 bits per heavy atom. The van der Waals surface area contributed by atoms with Crippen molar-refractivity contribution >= 4 is 35.3 Å². The summed E-state index contributed by atoms with van der Waals surface area (Å²) in [6, 6.07) is 15.5. The molecule has 0 spiro atoms. The number of aromatic nitrogens is 2. The van der Waals surface area contributed by atoms with E-state index in [0.29, 0.717) is 24.0 Å². The van der Waals surface area contributed by atoms with Crippen LogP contribution in [0.3, 0.4) is 0 Å². The number of methoxy groups -OCH3 is 1. The molecule has 0 aliphatic rings. The third kappa shape index (κ3) is 8.30. The van der Waals surface area contributed by atoms with Gasteiger partial charge in [-0.1, -0.05) is 51.1 Å². The third-order valence-electron chi connectivity index (χ3n) is 7.96. The first-order chi connectivity index (χ1) is 21.1. The maximum absolute atomic E-state index is 14.3. The van der Waals surface area contributed by atoms with Gasteiger partial charge in [0.1, 0.15) is 17.1 Å². The second kappa shape index (κ2) is 13.7. The maximum Gasteiger partial charge on any atom is 0.341 e. The van der Waals surface area contributed by atoms with Crippen LogP contribution in [0.15, 0.2) is 66.9 Å². The molecule has 0 aliphatic heterocycles. The monoisotopic (exact) mass is 656 g/mol. The summed E-state index contributed by atoms with van der Waals surface area (Å²) >= 11 is 0. The summed E-state index contributed by atoms with van der Waals surface area (Å²) in [5.41, 5.74) is 0.781. The summed E-state index contributed by atoms with van der Waals surface area (Å²) in [5, 5.41) is 0.539. The molecule has 2 aromatic carbocycles. The van der Waals surface area contributed by atoms with Crippen molar-refractivity contribution in [3.63, 3.8) is 0 Å². The van der Waals surface area contributed by atoms with E-state index >= 15 is 0 Å². The smallest absolute Gasteiger partial charge is 0.341 e. The lowest BCUT2D eigenvalue weighted by molar-refractivity contribution is 0.0597. The van der Waals surface area contributed by atoms with Crippen LogP contribution < -0.4 is 9.47 Å². The van der Waals surface area contributed by atoms with E-state index in [1.807, 2.05) is 13.0 Å². The molecule has 12 heteroatoms. The average Bonchev–Trinajstić information content (AvgIpc) is 3.38. The summed E-state index contributed by atoms with van der Waals surface area (Å²) in [4.78, 5) is 17.0. The maximum atomic E-state index is 14.3. The van der Waals surface area contributed by atoms with E-state index < -0.39 is 30.1 Å². The number of fused-ring (bicyclic) bond motifs is 1. The highest BCUT2D eigenvalue weighted by Crippen LogP contribution is 2.38. The summed E-state index contributed by atoms with van der Waals surface area (Å²) in [5.74, 6) is -1.59. The Hall–Kier alpha value is -3.74. The molecule has 1 atom stereocenters. The lowest BCUT2D eigenvalue weighted by atomic mass is 10.2. The fourth-order valence-electron chi connectivity index (χ4n) is 4.38. The van der Waals surface area contributed by atoms with Crippen molar-refractivity contribution < 1.29 is 36.2 Å². The molecule has 45 heavy (non-hydrogen) atoms. The SMILES string of the molecule is COC(=O)c1ccc(F)cc1Oc1cc2ccn(S(=O)(=O)Cc3ccccc3)c2nc1O[C@@H](C)CCCO[Si](C)(C)C(C)(C)C. The molecule has 2 aromatic heterocycles. The average molecular weight is 657 g/mol. The summed E-state index contributed by atoms with van der Waals surface area (Å²) in [6.45, 7) is 13.4. The van der Waals surface area contributed by atoms with Gasteiger partial charge in [-0.2, -0.15) is 4.98 Å². The molecule has 0 saturated heterocycles. The Morgan fingerprint density at radius 1 is 1.04 bits per heavy atom. The molecule has 0 bridgehead atoms. The number of carbonyl (C=O) groups excluding carboxylic acids is 1. The number of rotatable bonds is 13. The number of hydrogen-bond acceptors (Lipinski definition) is 8. The molecule has 0 unspecified atom stereocenters. The second-order valence-electron chi connectivity index (χ2n) is 12.5. The number of ether oxygens (including phenoxy) is 3. The molecule has 0 fully saturated rings. The van der Waals surface area contributed by atoms with Crippen molar-refractivity contribution in [1.29, 1.82) is 0 Å². The van der Waals surface area contributed by atoms with Crippen molar-refractivity contribution in [3.8, 4) is 17.4 Å². The number of carbonyl (C=O) groups is 1. The van der Waals surface area contributed by atoms with E-state index in [1.54, 1.807) is 36.4 Å². The molecule has 4 aromatic rings. The van der Waals surface area contributed by atoms with Crippen LogP contribution in [0.1, 0.15) is 56.5 Å². The normalized spacial score (nSPS) is 13.1. The molecule has 0 N–H and O–H groups in total. The second-order valence-corrected chi connectivity index (χ2v) is 19.1. The van der Waals surface area contributed by atoms with Gasteiger partial charge in [-0.3, -0.25) is 0 Å². The topological polar surface area (TPSA) is 106 Å². The van der Waals surface area contributed by atoms with E-state index in [0.717, 1.165) is 22.5 Å². The predicted octanol–water partition coefficient (Wildman–Crippen LogP) is 7.70. The molecule has 242 valence electrons. The zero-order chi connectivity index (χ0) is 33.0. The molecule has 0 saturated carbocycles. The quantitative estimate of drug-likeness (QED) is 0.0819. The van der Waals surface area contributed by atoms with Crippen LogP contribution in [0.4, 0.5) is 4.39 Å². The number of benzene rings is 2. The Kier molecular flexibility index (Phi) is 10.4. The van der Waals surface area contributed by atoms with Gasteiger partial charge in [0.25, 0.3) is 5.88 Å². The van der Waals surface area contributed by atoms with Crippen LogP contribution in [-0.2, 0) is 24.9 Å². The standard InChI is InChI=1S/C33H41FN2O7SSi/c1-23(12-11-19-41-45(6,7)33(2,3)4)42-31-29(43-28-21-26(34)15-16-27(28)32(37)40-5)20-25-17-18-36(30(25)35-31)44(38,39)22-24-13-9-8-10-14-24/h8-10,13-18,20-21,23H,11-12,19,22H2,1-7H3/t23-/m0/s1. The summed E-state index contributed by atoms with van der Waals surface area (Å²) < 4.78 is 65.7. The van der Waals surface area contributed by atoms with Gasteiger partial charge in [0.2, 0.25) is 10.0 Å². The van der Waals surface area contributed by atoms with Crippen molar-refractivity contribution in [2.45, 2.75) is 70.5 Å². The van der Waals surface area contributed by atoms with Crippen LogP contribution in [0.5, 0.6) is 17.4 Å². The van der Waals surface area contributed by atoms with Crippen molar-refractivity contribution in [3.05, 3.63) is 83.8 Å². The number of esters is 1. The van der Waals surface area contributed by atoms with Gasteiger partial charge in [0.05, 0.1) is 19.0 Å². The highest BCUT2D eigenvalue weighted by atomic mass is 32.2. The zero-order valence-electron chi connectivity index (χ0n) is 26.8. The lowest BCUT2D eigenvalue weighted by Gasteiger charge is -2.36. The van der Waals surface area contributed by atoms with Crippen molar-refractivity contribution in [2.24, 2.45) is 0 Å². The minimum absolute atomic E-state index is 0.00350. The van der Waals surface area contributed by atoms with Gasteiger partial charge >= 0.3 is 5.97 Å². The number of pyridine rings is 1. The van der Waals surface area contributed by atoms with Gasteiger partial charge in [-0.15, -0.1) is 0 Å². The zero-order valence-corrected chi connectivity index (χ0v) is 28.6. The highest BCUT2D eigenvalue weighted by Gasteiger charge is 2.36. The number of nitrogens with zero attached hydrogens (tertiary/aromatic N) is 2. The van der Waals surface area contributed by atoms with E-state index in [1.165, 1.54) is 19.4 Å². The molecule has 4 rings (SSSR count). The molecule has 9 nitrogen and oxygen atoms in total. The Balaban J connectivity index is 1.67. The molecule has 0 radical (unpaired) electrons. The minimum Gasteiger partial charge on any atom is -0.472 e. The molecule has 0 aliphatic carbocycles. The Bertz CT molecular complexity index is 1750. The predicted molar refractivity (Wildman–Crippen MR) is 174 cm³/mol. The molecular weight excluding hydrogens is 616 g/mol. The van der Waals surface area contributed by atoms with Crippen LogP contribution in [0, 0.1) is 5.82 Å². The first-order valence-electron chi connectivity index (χ1n) is 14.8. The molecule has 0 amide bonds. The lowest BCUT2D eigenvalue weighted by Crippen LogP contribution is -2.41. The first-order valence-corrected chi connectivity index (χ1v) is 19.3. The van der Waals surface area contributed by atoms with Gasteiger partial charge < -0.3 is 18.6 Å². The van der Waals surface area contributed by atoms with Crippen molar-refractivity contribution in [2.75, 3.05) is 13.7 Å². The minimum atomic E-state index is -3.85. The third-order valence-corrected chi connectivity index (χ3v) is 14.1. The van der Waals surface area contributed by atoms with Crippen LogP contribution in [-0.4, -0.2) is 51.5 Å². The van der Waals surface area contributed by atoms with Gasteiger partial charge in [0.15, 0.2) is 19.7 Å². The van der Waals surface area contributed by atoms with E-state index in [9.17, 15) is 17.6 Å². The van der Waals surface area contributed by atoms with E-state index in [2.05, 4.69) is 38.8 Å². The Morgan fingerprint density at radius 2 is 1.76 bits per heavy atom. The fraction of sp³-hybridized carbons (Fsp3) is 0.394. The van der Waals surface area contributed by atoms with E-state index in [-0.39, 0.29) is 45.5 Å². The highest BCUT2D eigenvalue weighted by molar-refractivity contribution is 7.89. The molecule has 2 heterocycles. The molecular formula is C33H41FN2O7SSi. The van der Waals surface area contributed by atoms with Gasteiger partial charge in [-0.25, -0.2) is 21.6 Å². The largest absolute Gasteiger partial charge is 0.472 e. The van der Waals surface area contributed by atoms with E-state index in [4.69, 9.17) is 18.6 Å².